The molecule has 2 nitrogen and oxygen atoms in total. The van der Waals surface area contributed by atoms with Crippen molar-refractivity contribution < 1.29 is 9.47 Å². The van der Waals surface area contributed by atoms with Crippen molar-refractivity contribution in [3.8, 4) is 5.75 Å². The topological polar surface area (TPSA) is 18.5 Å². The van der Waals surface area contributed by atoms with Crippen molar-refractivity contribution in [3.05, 3.63) is 29.3 Å². The molecule has 0 amide bonds. The number of methoxy groups -OCH3 is 1. The summed E-state index contributed by atoms with van der Waals surface area (Å²) in [6.45, 7) is 3.59. The lowest BCUT2D eigenvalue weighted by molar-refractivity contribution is -0.0480. The van der Waals surface area contributed by atoms with E-state index in [9.17, 15) is 0 Å². The zero-order valence-corrected chi connectivity index (χ0v) is 10.5. The highest BCUT2D eigenvalue weighted by Crippen LogP contribution is 2.35. The molecule has 0 N–H and O–H groups in total. The van der Waals surface area contributed by atoms with Crippen molar-refractivity contribution in [1.82, 2.24) is 0 Å². The van der Waals surface area contributed by atoms with Crippen LogP contribution in [-0.2, 0) is 16.6 Å². The SMILES string of the molecule is CCc1cc(C2(CCl)COC2)ccc1OC. The van der Waals surface area contributed by atoms with E-state index in [4.69, 9.17) is 21.1 Å². The minimum atomic E-state index is 0.0255. The number of rotatable bonds is 4. The van der Waals surface area contributed by atoms with E-state index >= 15 is 0 Å². The van der Waals surface area contributed by atoms with Crippen LogP contribution >= 0.6 is 11.6 Å². The zero-order chi connectivity index (χ0) is 11.6. The van der Waals surface area contributed by atoms with Crippen LogP contribution in [0.1, 0.15) is 18.1 Å². The molecule has 1 aromatic carbocycles. The van der Waals surface area contributed by atoms with Gasteiger partial charge in [0.2, 0.25) is 0 Å². The summed E-state index contributed by atoms with van der Waals surface area (Å²) in [5, 5.41) is 0. The van der Waals surface area contributed by atoms with Crippen LogP contribution in [0.2, 0.25) is 0 Å². The molecule has 0 radical (unpaired) electrons. The highest BCUT2D eigenvalue weighted by Gasteiger charge is 2.39. The van der Waals surface area contributed by atoms with E-state index in [2.05, 4.69) is 19.1 Å². The van der Waals surface area contributed by atoms with E-state index in [1.807, 2.05) is 6.07 Å². The lowest BCUT2D eigenvalue weighted by atomic mass is 9.80. The third kappa shape index (κ3) is 1.80. The summed E-state index contributed by atoms with van der Waals surface area (Å²) in [7, 11) is 1.71. The Hall–Kier alpha value is -0.730. The number of alkyl halides is 1. The van der Waals surface area contributed by atoms with Gasteiger partial charge in [0.15, 0.2) is 0 Å². The van der Waals surface area contributed by atoms with Crippen molar-refractivity contribution in [2.75, 3.05) is 26.2 Å². The summed E-state index contributed by atoms with van der Waals surface area (Å²) in [4.78, 5) is 0. The Morgan fingerprint density at radius 2 is 2.19 bits per heavy atom. The molecule has 0 bridgehead atoms. The molecule has 1 saturated heterocycles. The van der Waals surface area contributed by atoms with E-state index in [-0.39, 0.29) is 5.41 Å². The fourth-order valence-corrected chi connectivity index (χ4v) is 2.36. The highest BCUT2D eigenvalue weighted by atomic mass is 35.5. The lowest BCUT2D eigenvalue weighted by Gasteiger charge is -2.40. The monoisotopic (exact) mass is 240 g/mol. The molecule has 3 heteroatoms. The minimum absolute atomic E-state index is 0.0255. The first-order chi connectivity index (χ1) is 7.75. The normalized spacial score (nSPS) is 17.9. The first kappa shape index (κ1) is 11.7. The molecule has 0 unspecified atom stereocenters. The number of halogens is 1. The van der Waals surface area contributed by atoms with Gasteiger partial charge in [-0.2, -0.15) is 0 Å². The first-order valence-electron chi connectivity index (χ1n) is 5.57. The molecular formula is C13H17ClO2. The van der Waals surface area contributed by atoms with Gasteiger partial charge in [0.25, 0.3) is 0 Å². The van der Waals surface area contributed by atoms with Crippen molar-refractivity contribution in [1.29, 1.82) is 0 Å². The van der Waals surface area contributed by atoms with Crippen LogP contribution in [0.3, 0.4) is 0 Å². The summed E-state index contributed by atoms with van der Waals surface area (Å²) < 4.78 is 10.6. The molecule has 0 saturated carbocycles. The maximum atomic E-state index is 6.05. The van der Waals surface area contributed by atoms with Crippen molar-refractivity contribution in [2.24, 2.45) is 0 Å². The van der Waals surface area contributed by atoms with Gasteiger partial charge in [0.1, 0.15) is 5.75 Å². The average molecular weight is 241 g/mol. The Bertz CT molecular complexity index is 367. The summed E-state index contributed by atoms with van der Waals surface area (Å²) in [5.74, 6) is 1.57. The highest BCUT2D eigenvalue weighted by molar-refractivity contribution is 6.18. The maximum Gasteiger partial charge on any atom is 0.122 e. The second-order valence-electron chi connectivity index (χ2n) is 4.29. The number of benzene rings is 1. The van der Waals surface area contributed by atoms with E-state index < -0.39 is 0 Å². The van der Waals surface area contributed by atoms with Crippen LogP contribution in [0.25, 0.3) is 0 Å². The molecule has 1 aliphatic heterocycles. The Morgan fingerprint density at radius 3 is 2.62 bits per heavy atom. The van der Waals surface area contributed by atoms with E-state index in [0.29, 0.717) is 5.88 Å². The van der Waals surface area contributed by atoms with Crippen LogP contribution in [0.5, 0.6) is 5.75 Å². The van der Waals surface area contributed by atoms with Crippen LogP contribution in [0.15, 0.2) is 18.2 Å². The minimum Gasteiger partial charge on any atom is -0.496 e. The van der Waals surface area contributed by atoms with Gasteiger partial charge in [-0.1, -0.05) is 19.1 Å². The molecule has 1 heterocycles. The van der Waals surface area contributed by atoms with Gasteiger partial charge in [-0.05, 0) is 23.6 Å². The average Bonchev–Trinajstić information content (AvgIpc) is 2.28. The molecule has 1 fully saturated rings. The number of hydrogen-bond donors (Lipinski definition) is 0. The lowest BCUT2D eigenvalue weighted by Crippen LogP contribution is -2.48. The molecule has 2 rings (SSSR count). The van der Waals surface area contributed by atoms with Gasteiger partial charge in [0.05, 0.1) is 25.7 Å². The van der Waals surface area contributed by atoms with Crippen molar-refractivity contribution in [2.45, 2.75) is 18.8 Å². The van der Waals surface area contributed by atoms with Crippen LogP contribution in [-0.4, -0.2) is 26.2 Å². The Balaban J connectivity index is 2.35. The van der Waals surface area contributed by atoms with Crippen LogP contribution in [0.4, 0.5) is 0 Å². The molecule has 0 aromatic heterocycles. The van der Waals surface area contributed by atoms with E-state index in [1.165, 1.54) is 11.1 Å². The van der Waals surface area contributed by atoms with Gasteiger partial charge in [-0.25, -0.2) is 0 Å². The van der Waals surface area contributed by atoms with Crippen LogP contribution < -0.4 is 4.74 Å². The smallest absolute Gasteiger partial charge is 0.122 e. The third-order valence-electron chi connectivity index (χ3n) is 3.29. The predicted octanol–water partition coefficient (Wildman–Crippen LogP) is 2.76. The molecule has 1 aromatic rings. The molecule has 0 aliphatic carbocycles. The van der Waals surface area contributed by atoms with Gasteiger partial charge < -0.3 is 9.47 Å². The summed E-state index contributed by atoms with van der Waals surface area (Å²) in [6, 6.07) is 6.33. The summed E-state index contributed by atoms with van der Waals surface area (Å²) in [6.07, 6.45) is 0.968. The number of aryl methyl sites for hydroxylation is 1. The van der Waals surface area contributed by atoms with Gasteiger partial charge in [-0.3, -0.25) is 0 Å². The van der Waals surface area contributed by atoms with E-state index in [0.717, 1.165) is 25.4 Å². The molecule has 16 heavy (non-hydrogen) atoms. The maximum absolute atomic E-state index is 6.05. The molecule has 0 spiro atoms. The second-order valence-corrected chi connectivity index (χ2v) is 4.55. The van der Waals surface area contributed by atoms with Crippen molar-refractivity contribution >= 4 is 11.6 Å². The van der Waals surface area contributed by atoms with Crippen molar-refractivity contribution in [3.63, 3.8) is 0 Å². The largest absolute Gasteiger partial charge is 0.496 e. The fourth-order valence-electron chi connectivity index (χ4n) is 2.05. The molecule has 1 aliphatic rings. The molecule has 88 valence electrons. The van der Waals surface area contributed by atoms with E-state index in [1.54, 1.807) is 7.11 Å². The number of ether oxygens (including phenoxy) is 2. The number of hydrogen-bond acceptors (Lipinski definition) is 2. The summed E-state index contributed by atoms with van der Waals surface area (Å²) >= 11 is 6.05. The Morgan fingerprint density at radius 1 is 1.44 bits per heavy atom. The zero-order valence-electron chi connectivity index (χ0n) is 9.75. The standard InChI is InChI=1S/C13H17ClO2/c1-3-10-6-11(4-5-12(10)15-2)13(7-14)8-16-9-13/h4-6H,3,7-9H2,1-2H3. The Labute approximate surface area is 102 Å². The summed E-state index contributed by atoms with van der Waals surface area (Å²) in [5.41, 5.74) is 2.53. The van der Waals surface area contributed by atoms with Gasteiger partial charge in [0, 0.05) is 5.88 Å². The predicted molar refractivity (Wildman–Crippen MR) is 65.6 cm³/mol. The van der Waals surface area contributed by atoms with Gasteiger partial charge >= 0.3 is 0 Å². The Kier molecular flexibility index (Phi) is 3.41. The quantitative estimate of drug-likeness (QED) is 0.754. The molecular weight excluding hydrogens is 224 g/mol. The fraction of sp³-hybridized carbons (Fsp3) is 0.538. The third-order valence-corrected chi connectivity index (χ3v) is 3.80. The first-order valence-corrected chi connectivity index (χ1v) is 6.10. The molecule has 0 atom stereocenters. The second kappa shape index (κ2) is 4.64. The van der Waals surface area contributed by atoms with Crippen LogP contribution in [0, 0.1) is 0 Å². The van der Waals surface area contributed by atoms with Gasteiger partial charge in [-0.15, -0.1) is 11.6 Å².